The van der Waals surface area contributed by atoms with Gasteiger partial charge in [0.1, 0.15) is 0 Å². The quantitative estimate of drug-likeness (QED) is 0.869. The third-order valence-corrected chi connectivity index (χ3v) is 2.46. The fourth-order valence-corrected chi connectivity index (χ4v) is 1.71. The molecule has 1 saturated heterocycles. The highest BCUT2D eigenvalue weighted by Crippen LogP contribution is 2.14. The Hall–Kier alpha value is -1.40. The van der Waals surface area contributed by atoms with Crippen LogP contribution in [-0.2, 0) is 4.74 Å². The molecule has 1 aliphatic rings. The zero-order valence-electron chi connectivity index (χ0n) is 11.1. The number of aromatic nitrogens is 2. The first-order valence-electron chi connectivity index (χ1n) is 6.25. The van der Waals surface area contributed by atoms with Crippen LogP contribution >= 0.6 is 0 Å². The van der Waals surface area contributed by atoms with Crippen LogP contribution in [0.15, 0.2) is 6.07 Å². The van der Waals surface area contributed by atoms with E-state index in [9.17, 15) is 0 Å². The van der Waals surface area contributed by atoms with E-state index in [2.05, 4.69) is 20.4 Å². The molecule has 0 bridgehead atoms. The summed E-state index contributed by atoms with van der Waals surface area (Å²) in [5.74, 6) is 1.18. The van der Waals surface area contributed by atoms with Crippen LogP contribution in [0.1, 0.15) is 19.5 Å². The largest absolute Gasteiger partial charge is 0.475 e. The van der Waals surface area contributed by atoms with Crippen LogP contribution in [0, 0.1) is 6.92 Å². The van der Waals surface area contributed by atoms with E-state index in [1.807, 2.05) is 26.8 Å². The SMILES string of the molecule is Cc1cc(OC(C)C)nc(NN2CCOCC2)n1. The highest BCUT2D eigenvalue weighted by Gasteiger charge is 2.12. The summed E-state index contributed by atoms with van der Waals surface area (Å²) in [7, 11) is 0. The van der Waals surface area contributed by atoms with Gasteiger partial charge >= 0.3 is 0 Å². The van der Waals surface area contributed by atoms with Crippen molar-refractivity contribution in [2.24, 2.45) is 0 Å². The first kappa shape index (κ1) is 13.0. The fourth-order valence-electron chi connectivity index (χ4n) is 1.71. The van der Waals surface area contributed by atoms with Crippen molar-refractivity contribution in [1.29, 1.82) is 0 Å². The minimum absolute atomic E-state index is 0.107. The first-order valence-corrected chi connectivity index (χ1v) is 6.25. The Bertz CT molecular complexity index is 392. The van der Waals surface area contributed by atoms with Gasteiger partial charge < -0.3 is 9.47 Å². The summed E-state index contributed by atoms with van der Waals surface area (Å²) < 4.78 is 10.9. The van der Waals surface area contributed by atoms with Crippen LogP contribution in [0.2, 0.25) is 0 Å². The van der Waals surface area contributed by atoms with Crippen LogP contribution in [0.4, 0.5) is 5.95 Å². The van der Waals surface area contributed by atoms with Crippen molar-refractivity contribution in [2.75, 3.05) is 31.7 Å². The maximum absolute atomic E-state index is 5.59. The summed E-state index contributed by atoms with van der Waals surface area (Å²) in [5, 5.41) is 2.05. The molecule has 1 aromatic heterocycles. The summed E-state index contributed by atoms with van der Waals surface area (Å²) in [6.45, 7) is 9.01. The Morgan fingerprint density at radius 2 is 2.06 bits per heavy atom. The molecule has 100 valence electrons. The van der Waals surface area contributed by atoms with Gasteiger partial charge in [0.05, 0.1) is 19.3 Å². The van der Waals surface area contributed by atoms with Gasteiger partial charge in [0.25, 0.3) is 0 Å². The number of nitrogens with zero attached hydrogens (tertiary/aromatic N) is 3. The molecule has 18 heavy (non-hydrogen) atoms. The number of hydrazine groups is 1. The van der Waals surface area contributed by atoms with Gasteiger partial charge in [0.2, 0.25) is 11.8 Å². The van der Waals surface area contributed by atoms with E-state index in [0.29, 0.717) is 11.8 Å². The van der Waals surface area contributed by atoms with Gasteiger partial charge in [-0.05, 0) is 20.8 Å². The molecule has 2 heterocycles. The third kappa shape index (κ3) is 3.82. The first-order chi connectivity index (χ1) is 8.63. The number of nitrogens with one attached hydrogen (secondary N) is 1. The van der Waals surface area contributed by atoms with Gasteiger partial charge in [0.15, 0.2) is 0 Å². The molecular formula is C12H20N4O2. The van der Waals surface area contributed by atoms with Crippen molar-refractivity contribution < 1.29 is 9.47 Å². The lowest BCUT2D eigenvalue weighted by Crippen LogP contribution is -2.40. The Labute approximate surface area is 107 Å². The molecular weight excluding hydrogens is 232 g/mol. The minimum Gasteiger partial charge on any atom is -0.475 e. The van der Waals surface area contributed by atoms with Crippen molar-refractivity contribution >= 4 is 5.95 Å². The number of ether oxygens (including phenoxy) is 2. The summed E-state index contributed by atoms with van der Waals surface area (Å²) >= 11 is 0. The molecule has 0 radical (unpaired) electrons. The predicted molar refractivity (Wildman–Crippen MR) is 68.5 cm³/mol. The summed E-state index contributed by atoms with van der Waals surface area (Å²) in [4.78, 5) is 8.69. The molecule has 0 amide bonds. The average Bonchev–Trinajstić information content (AvgIpc) is 2.28. The van der Waals surface area contributed by atoms with Crippen molar-refractivity contribution in [3.63, 3.8) is 0 Å². The van der Waals surface area contributed by atoms with Crippen LogP contribution in [0.25, 0.3) is 0 Å². The molecule has 0 saturated carbocycles. The van der Waals surface area contributed by atoms with E-state index in [1.165, 1.54) is 0 Å². The highest BCUT2D eigenvalue weighted by atomic mass is 16.5. The lowest BCUT2D eigenvalue weighted by Gasteiger charge is -2.27. The van der Waals surface area contributed by atoms with Crippen molar-refractivity contribution in [3.8, 4) is 5.88 Å². The van der Waals surface area contributed by atoms with Gasteiger partial charge in [0, 0.05) is 24.8 Å². The Morgan fingerprint density at radius 1 is 1.33 bits per heavy atom. The molecule has 6 nitrogen and oxygen atoms in total. The summed E-state index contributed by atoms with van der Waals surface area (Å²) in [6.07, 6.45) is 0.107. The topological polar surface area (TPSA) is 59.5 Å². The van der Waals surface area contributed by atoms with E-state index in [-0.39, 0.29) is 6.10 Å². The maximum atomic E-state index is 5.59. The highest BCUT2D eigenvalue weighted by molar-refractivity contribution is 5.29. The standard InChI is InChI=1S/C12H20N4O2/c1-9(2)18-11-8-10(3)13-12(14-11)15-16-4-6-17-7-5-16/h8-9H,4-7H2,1-3H3,(H,13,14,15). The monoisotopic (exact) mass is 252 g/mol. The van der Waals surface area contributed by atoms with Gasteiger partial charge in [-0.25, -0.2) is 9.99 Å². The Balaban J connectivity index is 2.04. The van der Waals surface area contributed by atoms with E-state index in [0.717, 1.165) is 32.0 Å². The molecule has 6 heteroatoms. The van der Waals surface area contributed by atoms with Gasteiger partial charge in [-0.2, -0.15) is 4.98 Å². The number of hydrogen-bond donors (Lipinski definition) is 1. The molecule has 0 unspecified atom stereocenters. The smallest absolute Gasteiger partial charge is 0.241 e. The lowest BCUT2D eigenvalue weighted by molar-refractivity contribution is 0.0492. The number of hydrogen-bond acceptors (Lipinski definition) is 6. The van der Waals surface area contributed by atoms with Crippen molar-refractivity contribution in [3.05, 3.63) is 11.8 Å². The van der Waals surface area contributed by atoms with Gasteiger partial charge in [-0.1, -0.05) is 0 Å². The van der Waals surface area contributed by atoms with Gasteiger partial charge in [-0.3, -0.25) is 5.43 Å². The van der Waals surface area contributed by atoms with E-state index >= 15 is 0 Å². The van der Waals surface area contributed by atoms with Crippen molar-refractivity contribution in [2.45, 2.75) is 26.9 Å². The average molecular weight is 252 g/mol. The second-order valence-corrected chi connectivity index (χ2v) is 4.55. The molecule has 1 N–H and O–H groups in total. The minimum atomic E-state index is 0.107. The number of anilines is 1. The van der Waals surface area contributed by atoms with E-state index < -0.39 is 0 Å². The Kier molecular flexibility index (Phi) is 4.33. The summed E-state index contributed by atoms with van der Waals surface area (Å²) in [5.41, 5.74) is 4.07. The van der Waals surface area contributed by atoms with Crippen LogP contribution in [0.3, 0.4) is 0 Å². The molecule has 1 aromatic rings. The number of rotatable bonds is 4. The molecule has 1 aliphatic heterocycles. The van der Waals surface area contributed by atoms with Crippen LogP contribution in [0.5, 0.6) is 5.88 Å². The molecule has 1 fully saturated rings. The van der Waals surface area contributed by atoms with Crippen LogP contribution in [-0.4, -0.2) is 47.4 Å². The number of aryl methyl sites for hydroxylation is 1. The molecule has 0 spiro atoms. The van der Waals surface area contributed by atoms with E-state index in [4.69, 9.17) is 9.47 Å². The normalized spacial score (nSPS) is 16.9. The Morgan fingerprint density at radius 3 is 2.72 bits per heavy atom. The molecule has 0 aromatic carbocycles. The van der Waals surface area contributed by atoms with Gasteiger partial charge in [-0.15, -0.1) is 0 Å². The molecule has 0 atom stereocenters. The maximum Gasteiger partial charge on any atom is 0.241 e. The van der Waals surface area contributed by atoms with E-state index in [1.54, 1.807) is 0 Å². The second-order valence-electron chi connectivity index (χ2n) is 4.55. The fraction of sp³-hybridized carbons (Fsp3) is 0.667. The zero-order chi connectivity index (χ0) is 13.0. The zero-order valence-corrected chi connectivity index (χ0v) is 11.1. The predicted octanol–water partition coefficient (Wildman–Crippen LogP) is 1.23. The molecule has 2 rings (SSSR count). The van der Waals surface area contributed by atoms with Crippen LogP contribution < -0.4 is 10.2 Å². The third-order valence-electron chi connectivity index (χ3n) is 2.46. The number of morpholine rings is 1. The summed E-state index contributed by atoms with van der Waals surface area (Å²) in [6, 6.07) is 1.84. The second kappa shape index (κ2) is 5.97. The van der Waals surface area contributed by atoms with Crippen molar-refractivity contribution in [1.82, 2.24) is 15.0 Å². The lowest BCUT2D eigenvalue weighted by atomic mass is 10.4. The molecule has 0 aliphatic carbocycles.